The standard InChI is InChI=1S/C37H52ClN3O10S/c1-20-11-10-12-28(48-9)37(46)19-27(49-35(45)39-37)22(3)33-36(5,51-33)29(50-34(44)23(4)40(6)30(42)14-13-21(2)52)18-31(43)41(7)25-16-24(15-20)17-26(47-8)32(25)38/h10-12,16-17,21-23,27-29,33,46,52H,13-15,18-19H2,1-9H3,(H,39,45)/b12-10-,20-11-/t21?,22-,23+,27+,28-,29+,33+,36+,37+/m1/s1. The molecule has 1 unspecified atom stereocenters. The van der Waals surface area contributed by atoms with Crippen LogP contribution < -0.4 is 15.0 Å². The second-order valence-corrected chi connectivity index (χ2v) is 15.6. The van der Waals surface area contributed by atoms with Crippen molar-refractivity contribution in [2.75, 3.05) is 33.2 Å². The molecule has 288 valence electrons. The van der Waals surface area contributed by atoms with E-state index < -0.39 is 65.7 Å². The number of methoxy groups -OCH3 is 2. The van der Waals surface area contributed by atoms with Crippen LogP contribution in [0.1, 0.15) is 65.9 Å². The summed E-state index contributed by atoms with van der Waals surface area (Å²) in [4.78, 5) is 56.2. The third kappa shape index (κ3) is 9.25. The van der Waals surface area contributed by atoms with Gasteiger partial charge in [0.2, 0.25) is 11.8 Å². The van der Waals surface area contributed by atoms with Crippen molar-refractivity contribution < 1.29 is 48.0 Å². The Morgan fingerprint density at radius 3 is 2.58 bits per heavy atom. The van der Waals surface area contributed by atoms with Gasteiger partial charge in [0, 0.05) is 40.0 Å². The Bertz CT molecular complexity index is 1590. The number of esters is 1. The first kappa shape index (κ1) is 41.5. The highest BCUT2D eigenvalue weighted by molar-refractivity contribution is 7.80. The van der Waals surface area contributed by atoms with Crippen LogP contribution in [0.3, 0.4) is 0 Å². The zero-order valence-electron chi connectivity index (χ0n) is 31.3. The molecule has 3 aliphatic heterocycles. The van der Waals surface area contributed by atoms with E-state index in [2.05, 4.69) is 17.9 Å². The van der Waals surface area contributed by atoms with E-state index in [0.717, 1.165) is 11.1 Å². The second-order valence-electron chi connectivity index (χ2n) is 14.3. The van der Waals surface area contributed by atoms with Crippen molar-refractivity contribution in [1.82, 2.24) is 10.2 Å². The number of ether oxygens (including phenoxy) is 5. The number of benzene rings is 1. The lowest BCUT2D eigenvalue weighted by molar-refractivity contribution is -0.162. The first-order valence-corrected chi connectivity index (χ1v) is 18.3. The molecule has 4 bridgehead atoms. The summed E-state index contributed by atoms with van der Waals surface area (Å²) in [6.45, 7) is 8.88. The molecule has 0 radical (unpaired) electrons. The highest BCUT2D eigenvalue weighted by Gasteiger charge is 2.64. The van der Waals surface area contributed by atoms with E-state index in [-0.39, 0.29) is 35.4 Å². The number of rotatable bonds is 8. The van der Waals surface area contributed by atoms with Crippen molar-refractivity contribution in [3.8, 4) is 5.75 Å². The summed E-state index contributed by atoms with van der Waals surface area (Å²) in [7, 11) is 6.02. The van der Waals surface area contributed by atoms with Crippen LogP contribution in [0, 0.1) is 5.92 Å². The fourth-order valence-electron chi connectivity index (χ4n) is 6.73. The van der Waals surface area contributed by atoms with Crippen LogP contribution in [0.15, 0.2) is 35.9 Å². The Hall–Kier alpha value is -3.30. The average Bonchev–Trinajstić information content (AvgIpc) is 3.79. The van der Waals surface area contributed by atoms with E-state index in [4.69, 9.17) is 35.3 Å². The highest BCUT2D eigenvalue weighted by atomic mass is 35.5. The maximum Gasteiger partial charge on any atom is 0.409 e. The number of anilines is 1. The first-order valence-electron chi connectivity index (χ1n) is 17.4. The largest absolute Gasteiger partial charge is 0.495 e. The van der Waals surface area contributed by atoms with Crippen LogP contribution in [0.5, 0.6) is 5.75 Å². The summed E-state index contributed by atoms with van der Waals surface area (Å²) >= 11 is 11.1. The molecule has 2 saturated heterocycles. The monoisotopic (exact) mass is 765 g/mol. The third-order valence-corrected chi connectivity index (χ3v) is 10.9. The first-order chi connectivity index (χ1) is 24.3. The number of halogens is 1. The van der Waals surface area contributed by atoms with Gasteiger partial charge in [0.15, 0.2) is 5.72 Å². The number of carbonyl (C=O) groups excluding carboxylic acids is 4. The van der Waals surface area contributed by atoms with Gasteiger partial charge >= 0.3 is 12.1 Å². The topological polar surface area (TPSA) is 156 Å². The minimum absolute atomic E-state index is 0.00636. The van der Waals surface area contributed by atoms with Crippen LogP contribution in [0.4, 0.5) is 10.5 Å². The molecule has 0 aliphatic carbocycles. The molecule has 1 aromatic carbocycles. The van der Waals surface area contributed by atoms with Crippen LogP contribution in [-0.2, 0) is 39.8 Å². The van der Waals surface area contributed by atoms with E-state index in [1.165, 1.54) is 31.1 Å². The van der Waals surface area contributed by atoms with Gasteiger partial charge in [-0.3, -0.25) is 14.9 Å². The minimum atomic E-state index is -1.82. The molecule has 0 saturated carbocycles. The number of nitrogens with one attached hydrogen (secondary N) is 1. The van der Waals surface area contributed by atoms with Crippen molar-refractivity contribution in [2.24, 2.45) is 5.92 Å². The van der Waals surface area contributed by atoms with E-state index in [0.29, 0.717) is 24.3 Å². The van der Waals surface area contributed by atoms with Gasteiger partial charge in [0.1, 0.15) is 40.7 Å². The van der Waals surface area contributed by atoms with Gasteiger partial charge in [0.25, 0.3) is 0 Å². The van der Waals surface area contributed by atoms with E-state index in [9.17, 15) is 24.3 Å². The van der Waals surface area contributed by atoms with Crippen molar-refractivity contribution >= 4 is 53.8 Å². The molecule has 4 rings (SSSR count). The zero-order valence-corrected chi connectivity index (χ0v) is 33.0. The van der Waals surface area contributed by atoms with Crippen molar-refractivity contribution in [1.29, 1.82) is 0 Å². The molecule has 3 amide bonds. The smallest absolute Gasteiger partial charge is 0.409 e. The molecule has 9 atom stereocenters. The predicted octanol–water partition coefficient (Wildman–Crippen LogP) is 4.61. The van der Waals surface area contributed by atoms with Gasteiger partial charge in [-0.15, -0.1) is 0 Å². The molecule has 3 aliphatic rings. The van der Waals surface area contributed by atoms with Crippen LogP contribution in [0.2, 0.25) is 5.02 Å². The van der Waals surface area contributed by atoms with E-state index in [1.807, 2.05) is 19.9 Å². The zero-order chi connectivity index (χ0) is 38.7. The number of alkyl carbamates (subject to hydrolysis) is 1. The lowest BCUT2D eigenvalue weighted by Crippen LogP contribution is -2.63. The van der Waals surface area contributed by atoms with Crippen LogP contribution in [0.25, 0.3) is 0 Å². The summed E-state index contributed by atoms with van der Waals surface area (Å²) in [6, 6.07) is 2.61. The minimum Gasteiger partial charge on any atom is -0.495 e. The quantitative estimate of drug-likeness (QED) is 0.194. The van der Waals surface area contributed by atoms with Crippen molar-refractivity contribution in [3.63, 3.8) is 0 Å². The summed E-state index contributed by atoms with van der Waals surface area (Å²) in [6.07, 6.45) is 1.69. The summed E-state index contributed by atoms with van der Waals surface area (Å²) < 4.78 is 29.2. The number of likely N-dealkylation sites (N-methyl/N-ethyl adjacent to an activating group) is 1. The fourth-order valence-corrected chi connectivity index (χ4v) is 7.17. The molecular formula is C37H52ClN3O10S. The molecular weight excluding hydrogens is 714 g/mol. The molecule has 3 heterocycles. The van der Waals surface area contributed by atoms with Gasteiger partial charge in [-0.05, 0) is 56.6 Å². The van der Waals surface area contributed by atoms with Gasteiger partial charge in [0.05, 0.1) is 25.3 Å². The van der Waals surface area contributed by atoms with Crippen molar-refractivity contribution in [3.05, 3.63) is 46.5 Å². The fraction of sp³-hybridized carbons (Fsp3) is 0.622. The normalized spacial score (nSPS) is 32.2. The van der Waals surface area contributed by atoms with Crippen molar-refractivity contribution in [2.45, 2.75) is 114 Å². The number of fused-ring (bicyclic) bond motifs is 5. The molecule has 0 aromatic heterocycles. The number of hydrogen-bond donors (Lipinski definition) is 3. The lowest BCUT2D eigenvalue weighted by atomic mass is 9.83. The molecule has 2 fully saturated rings. The lowest BCUT2D eigenvalue weighted by Gasteiger charge is -2.42. The maximum absolute atomic E-state index is 14.1. The highest BCUT2D eigenvalue weighted by Crippen LogP contribution is 2.49. The number of carbonyl (C=O) groups is 4. The molecule has 13 nitrogen and oxygen atoms in total. The molecule has 15 heteroatoms. The Balaban J connectivity index is 1.75. The third-order valence-electron chi connectivity index (χ3n) is 10.3. The SMILES string of the molecule is COc1cc2cc(c1Cl)N(C)C(=O)C[C@H](OC(=O)[C@H](C)N(C)C(=O)CCC(C)S)[C@]1(C)O[C@H]1[C@H](C)[C@@H]1C[C@@](O)(NC(=O)O1)[C@H](OC)/C=C\C=C(\C)C2. The van der Waals surface area contributed by atoms with E-state index >= 15 is 0 Å². The maximum atomic E-state index is 14.1. The number of hydrogen-bond acceptors (Lipinski definition) is 11. The second kappa shape index (κ2) is 16.8. The molecule has 2 N–H and O–H groups in total. The number of amides is 3. The Kier molecular flexibility index (Phi) is 13.4. The number of allylic oxidation sites excluding steroid dienone is 3. The number of thiol groups is 1. The average molecular weight is 766 g/mol. The summed E-state index contributed by atoms with van der Waals surface area (Å²) in [5, 5.41) is 14.5. The Labute approximate surface area is 316 Å². The van der Waals surface area contributed by atoms with Crippen LogP contribution >= 0.6 is 24.2 Å². The van der Waals surface area contributed by atoms with E-state index in [1.54, 1.807) is 52.1 Å². The van der Waals surface area contributed by atoms with Gasteiger partial charge in [-0.25, -0.2) is 9.59 Å². The molecule has 0 spiro atoms. The number of nitrogens with zero attached hydrogens (tertiary/aromatic N) is 2. The van der Waals surface area contributed by atoms with Gasteiger partial charge < -0.3 is 38.6 Å². The van der Waals surface area contributed by atoms with Crippen LogP contribution in [-0.4, -0.2) is 109 Å². The Morgan fingerprint density at radius 2 is 1.94 bits per heavy atom. The number of aliphatic hydroxyl groups is 1. The molecule has 52 heavy (non-hydrogen) atoms. The Morgan fingerprint density at radius 1 is 1.25 bits per heavy atom. The van der Waals surface area contributed by atoms with Gasteiger partial charge in [-0.1, -0.05) is 49.2 Å². The van der Waals surface area contributed by atoms with Gasteiger partial charge in [-0.2, -0.15) is 12.6 Å². The number of epoxide rings is 1. The summed E-state index contributed by atoms with van der Waals surface area (Å²) in [5.41, 5.74) is -0.906. The summed E-state index contributed by atoms with van der Waals surface area (Å²) in [5.74, 6) is -1.56. The molecule has 1 aromatic rings. The predicted molar refractivity (Wildman–Crippen MR) is 199 cm³/mol.